The molecule has 4 N–H and O–H groups in total. The van der Waals surface area contributed by atoms with Gasteiger partial charge in [-0.3, -0.25) is 4.79 Å². The first-order valence-corrected chi connectivity index (χ1v) is 7.79. The van der Waals surface area contributed by atoms with Crippen LogP contribution in [0.1, 0.15) is 23.7 Å². The highest BCUT2D eigenvalue weighted by Crippen LogP contribution is 2.31. The second kappa shape index (κ2) is 8.61. The van der Waals surface area contributed by atoms with Crippen molar-refractivity contribution in [2.45, 2.75) is 12.5 Å². The molecule has 2 rings (SSSR count). The number of carbonyl (C=O) groups is 2. The minimum atomic E-state index is -1.05. The Hall–Kier alpha value is -3.68. The van der Waals surface area contributed by atoms with Gasteiger partial charge in [0.05, 0.1) is 13.5 Å². The van der Waals surface area contributed by atoms with Crippen molar-refractivity contribution in [3.05, 3.63) is 53.6 Å². The first-order valence-electron chi connectivity index (χ1n) is 7.79. The molecule has 1 unspecified atom stereocenters. The summed E-state index contributed by atoms with van der Waals surface area (Å²) < 4.78 is 9.83. The SMILES string of the molecule is COC(=O)CC(OC(=O)/C=C/c1ccc(O)c(O)c1)c1ccc(O)c(O)c1. The Morgan fingerprint density at radius 1 is 0.963 bits per heavy atom. The van der Waals surface area contributed by atoms with Gasteiger partial charge in [0.15, 0.2) is 23.0 Å². The van der Waals surface area contributed by atoms with E-state index < -0.39 is 23.8 Å². The van der Waals surface area contributed by atoms with Gasteiger partial charge < -0.3 is 29.9 Å². The van der Waals surface area contributed by atoms with Crippen LogP contribution in [0, 0.1) is 0 Å². The zero-order chi connectivity index (χ0) is 20.0. The van der Waals surface area contributed by atoms with Gasteiger partial charge in [-0.1, -0.05) is 12.1 Å². The average molecular weight is 374 g/mol. The third-order valence-electron chi connectivity index (χ3n) is 3.62. The number of aromatic hydroxyl groups is 4. The lowest BCUT2D eigenvalue weighted by atomic mass is 10.1. The highest BCUT2D eigenvalue weighted by atomic mass is 16.6. The number of phenols is 4. The predicted molar refractivity (Wildman–Crippen MR) is 94.0 cm³/mol. The Bertz CT molecular complexity index is 872. The minimum absolute atomic E-state index is 0.291. The molecule has 0 radical (unpaired) electrons. The lowest BCUT2D eigenvalue weighted by Crippen LogP contribution is -2.15. The van der Waals surface area contributed by atoms with E-state index in [1.807, 2.05) is 0 Å². The topological polar surface area (TPSA) is 134 Å². The Labute approximate surface area is 154 Å². The normalized spacial score (nSPS) is 11.9. The van der Waals surface area contributed by atoms with Crippen LogP contribution in [0.5, 0.6) is 23.0 Å². The fourth-order valence-electron chi connectivity index (χ4n) is 2.19. The third-order valence-corrected chi connectivity index (χ3v) is 3.62. The van der Waals surface area contributed by atoms with Crippen molar-refractivity contribution in [3.8, 4) is 23.0 Å². The zero-order valence-electron chi connectivity index (χ0n) is 14.3. The first-order chi connectivity index (χ1) is 12.8. The Balaban J connectivity index is 2.16. The van der Waals surface area contributed by atoms with Crippen LogP contribution < -0.4 is 0 Å². The molecular formula is C19H18O8. The van der Waals surface area contributed by atoms with Crippen LogP contribution in [-0.4, -0.2) is 39.5 Å². The van der Waals surface area contributed by atoms with Gasteiger partial charge in [0, 0.05) is 6.08 Å². The van der Waals surface area contributed by atoms with Crippen molar-refractivity contribution in [1.82, 2.24) is 0 Å². The van der Waals surface area contributed by atoms with E-state index in [0.29, 0.717) is 11.1 Å². The standard InChI is InChI=1S/C19H18O8/c1-26-19(25)10-17(12-4-6-14(21)16(23)9-12)27-18(24)7-3-11-2-5-13(20)15(22)8-11/h2-9,17,20-23H,10H2,1H3/b7-3+. The molecule has 8 nitrogen and oxygen atoms in total. The van der Waals surface area contributed by atoms with Gasteiger partial charge in [-0.05, 0) is 41.5 Å². The smallest absolute Gasteiger partial charge is 0.331 e. The van der Waals surface area contributed by atoms with Gasteiger partial charge >= 0.3 is 11.9 Å². The summed E-state index contributed by atoms with van der Waals surface area (Å²) in [5, 5.41) is 37.7. The van der Waals surface area contributed by atoms with Crippen molar-refractivity contribution < 1.29 is 39.5 Å². The number of rotatable bonds is 6. The van der Waals surface area contributed by atoms with E-state index >= 15 is 0 Å². The van der Waals surface area contributed by atoms with Crippen LogP contribution in [0.3, 0.4) is 0 Å². The molecule has 0 spiro atoms. The van der Waals surface area contributed by atoms with Gasteiger partial charge in [-0.25, -0.2) is 4.79 Å². The molecule has 0 aromatic heterocycles. The van der Waals surface area contributed by atoms with E-state index in [1.54, 1.807) is 0 Å². The van der Waals surface area contributed by atoms with Crippen LogP contribution in [0.25, 0.3) is 6.08 Å². The maximum absolute atomic E-state index is 12.1. The first kappa shape index (κ1) is 19.6. The third kappa shape index (κ3) is 5.40. The maximum Gasteiger partial charge on any atom is 0.331 e. The Morgan fingerprint density at radius 3 is 2.19 bits per heavy atom. The van der Waals surface area contributed by atoms with Gasteiger partial charge in [0.25, 0.3) is 0 Å². The fraction of sp³-hybridized carbons (Fsp3) is 0.158. The molecule has 0 saturated heterocycles. The molecule has 1 atom stereocenters. The number of benzene rings is 2. The number of phenolic OH excluding ortho intramolecular Hbond substituents is 4. The molecule has 8 heteroatoms. The maximum atomic E-state index is 12.1. The average Bonchev–Trinajstić information content (AvgIpc) is 2.64. The fourth-order valence-corrected chi connectivity index (χ4v) is 2.19. The highest BCUT2D eigenvalue weighted by molar-refractivity contribution is 5.87. The number of esters is 2. The molecule has 0 saturated carbocycles. The quantitative estimate of drug-likeness (QED) is 0.344. The van der Waals surface area contributed by atoms with Crippen molar-refractivity contribution in [3.63, 3.8) is 0 Å². The molecule has 0 aliphatic heterocycles. The lowest BCUT2D eigenvalue weighted by molar-refractivity contribution is -0.150. The van der Waals surface area contributed by atoms with Crippen LogP contribution in [0.2, 0.25) is 0 Å². The minimum Gasteiger partial charge on any atom is -0.504 e. The second-order valence-electron chi connectivity index (χ2n) is 5.54. The van der Waals surface area contributed by atoms with Crippen molar-refractivity contribution >= 4 is 18.0 Å². The van der Waals surface area contributed by atoms with Gasteiger partial charge in [0.2, 0.25) is 0 Å². The van der Waals surface area contributed by atoms with Crippen LogP contribution in [0.15, 0.2) is 42.5 Å². The monoisotopic (exact) mass is 374 g/mol. The summed E-state index contributed by atoms with van der Waals surface area (Å²) in [6.07, 6.45) is 1.09. The predicted octanol–water partition coefficient (Wildman–Crippen LogP) is 2.37. The largest absolute Gasteiger partial charge is 0.504 e. The molecule has 0 heterocycles. The number of carbonyl (C=O) groups excluding carboxylic acids is 2. The number of ether oxygens (including phenoxy) is 2. The molecule has 0 amide bonds. The van der Waals surface area contributed by atoms with Gasteiger partial charge in [-0.2, -0.15) is 0 Å². The van der Waals surface area contributed by atoms with Crippen LogP contribution >= 0.6 is 0 Å². The molecule has 142 valence electrons. The van der Waals surface area contributed by atoms with E-state index in [2.05, 4.69) is 4.74 Å². The van der Waals surface area contributed by atoms with E-state index in [4.69, 9.17) is 4.74 Å². The summed E-state index contributed by atoms with van der Waals surface area (Å²) in [5.74, 6) is -2.83. The summed E-state index contributed by atoms with van der Waals surface area (Å²) in [5.41, 5.74) is 0.730. The molecule has 0 aliphatic rings. The van der Waals surface area contributed by atoms with Crippen molar-refractivity contribution in [2.75, 3.05) is 7.11 Å². The summed E-state index contributed by atoms with van der Waals surface area (Å²) in [6.45, 7) is 0. The molecule has 2 aromatic carbocycles. The molecule has 27 heavy (non-hydrogen) atoms. The van der Waals surface area contributed by atoms with E-state index in [0.717, 1.165) is 6.08 Å². The van der Waals surface area contributed by atoms with Gasteiger partial charge in [-0.15, -0.1) is 0 Å². The summed E-state index contributed by atoms with van der Waals surface area (Å²) in [4.78, 5) is 23.7. The number of hydrogen-bond acceptors (Lipinski definition) is 8. The Morgan fingerprint density at radius 2 is 1.59 bits per heavy atom. The number of methoxy groups -OCH3 is 1. The zero-order valence-corrected chi connectivity index (χ0v) is 14.3. The van der Waals surface area contributed by atoms with Gasteiger partial charge in [0.1, 0.15) is 6.10 Å². The van der Waals surface area contributed by atoms with Crippen LogP contribution in [0.4, 0.5) is 0 Å². The second-order valence-corrected chi connectivity index (χ2v) is 5.54. The van der Waals surface area contributed by atoms with E-state index in [-0.39, 0.29) is 23.7 Å². The van der Waals surface area contributed by atoms with Crippen molar-refractivity contribution in [1.29, 1.82) is 0 Å². The molecule has 0 bridgehead atoms. The highest BCUT2D eigenvalue weighted by Gasteiger charge is 2.21. The van der Waals surface area contributed by atoms with Crippen molar-refractivity contribution in [2.24, 2.45) is 0 Å². The lowest BCUT2D eigenvalue weighted by Gasteiger charge is -2.17. The summed E-state index contributed by atoms with van der Waals surface area (Å²) in [7, 11) is 1.19. The summed E-state index contributed by atoms with van der Waals surface area (Å²) >= 11 is 0. The molecule has 2 aromatic rings. The summed E-state index contributed by atoms with van der Waals surface area (Å²) in [6, 6.07) is 7.78. The molecular weight excluding hydrogens is 356 g/mol. The molecule has 0 aliphatic carbocycles. The Kier molecular flexibility index (Phi) is 6.27. The number of hydrogen-bond donors (Lipinski definition) is 4. The molecule has 0 fully saturated rings. The van der Waals surface area contributed by atoms with E-state index in [9.17, 15) is 30.0 Å². The van der Waals surface area contributed by atoms with E-state index in [1.165, 1.54) is 49.6 Å². The van der Waals surface area contributed by atoms with Crippen LogP contribution in [-0.2, 0) is 19.1 Å².